The summed E-state index contributed by atoms with van der Waals surface area (Å²) in [7, 11) is 0. The molecule has 2 heterocycles. The van der Waals surface area contributed by atoms with Crippen molar-refractivity contribution in [1.29, 1.82) is 0 Å². The van der Waals surface area contributed by atoms with Crippen molar-refractivity contribution in [3.05, 3.63) is 53.9 Å². The Balaban J connectivity index is 1.72. The number of benzene rings is 1. The van der Waals surface area contributed by atoms with Crippen molar-refractivity contribution in [2.75, 3.05) is 23.3 Å². The summed E-state index contributed by atoms with van der Waals surface area (Å²) in [6.45, 7) is 1.96. The van der Waals surface area contributed by atoms with Gasteiger partial charge in [0.05, 0.1) is 11.9 Å². The van der Waals surface area contributed by atoms with Gasteiger partial charge in [0, 0.05) is 13.1 Å². The van der Waals surface area contributed by atoms with Crippen LogP contribution in [0.5, 0.6) is 0 Å². The Morgan fingerprint density at radius 1 is 1.04 bits per heavy atom. The lowest BCUT2D eigenvalue weighted by atomic mass is 10.1. The highest BCUT2D eigenvalue weighted by Gasteiger charge is 2.16. The lowest BCUT2D eigenvalue weighted by Crippen LogP contribution is -2.29. The molecule has 0 bridgehead atoms. The predicted molar refractivity (Wildman–Crippen MR) is 84.6 cm³/mol. The third-order valence-corrected chi connectivity index (χ3v) is 3.90. The summed E-state index contributed by atoms with van der Waals surface area (Å²) in [5.74, 6) is -2.27. The second kappa shape index (κ2) is 6.73. The molecular formula is C17H17F2N3O. The molecule has 3 rings (SSSR count). The molecule has 6 heteroatoms. The smallest absolute Gasteiger partial charge is 0.274 e. The van der Waals surface area contributed by atoms with Gasteiger partial charge in [0.25, 0.3) is 5.91 Å². The van der Waals surface area contributed by atoms with Gasteiger partial charge in [0.2, 0.25) is 0 Å². The van der Waals surface area contributed by atoms with Crippen molar-refractivity contribution in [2.24, 2.45) is 0 Å². The molecule has 0 aliphatic carbocycles. The first-order valence-electron chi connectivity index (χ1n) is 7.61. The van der Waals surface area contributed by atoms with Crippen molar-refractivity contribution >= 4 is 17.3 Å². The molecule has 4 nitrogen and oxygen atoms in total. The number of pyridine rings is 1. The number of nitrogens with zero attached hydrogens (tertiary/aromatic N) is 2. The van der Waals surface area contributed by atoms with E-state index in [0.717, 1.165) is 43.8 Å². The Bertz CT molecular complexity index is 677. The Hall–Kier alpha value is -2.50. The average Bonchev–Trinajstić information content (AvgIpc) is 2.59. The van der Waals surface area contributed by atoms with Gasteiger partial charge in [-0.25, -0.2) is 13.8 Å². The summed E-state index contributed by atoms with van der Waals surface area (Å²) in [6, 6.07) is 6.80. The zero-order valence-electron chi connectivity index (χ0n) is 12.6. The fourth-order valence-corrected chi connectivity index (χ4v) is 2.65. The minimum absolute atomic E-state index is 0.119. The molecule has 1 amide bonds. The Morgan fingerprint density at radius 2 is 1.74 bits per heavy atom. The molecule has 1 N–H and O–H groups in total. The average molecular weight is 317 g/mol. The van der Waals surface area contributed by atoms with Gasteiger partial charge in [-0.15, -0.1) is 0 Å². The van der Waals surface area contributed by atoms with Crippen LogP contribution in [0.3, 0.4) is 0 Å². The van der Waals surface area contributed by atoms with Crippen molar-refractivity contribution in [2.45, 2.75) is 19.3 Å². The number of amides is 1. The highest BCUT2D eigenvalue weighted by Crippen LogP contribution is 2.21. The Kier molecular flexibility index (Phi) is 4.50. The number of aromatic nitrogens is 1. The minimum Gasteiger partial charge on any atom is -0.370 e. The van der Waals surface area contributed by atoms with Crippen LogP contribution in [-0.4, -0.2) is 24.0 Å². The Morgan fingerprint density at radius 3 is 2.35 bits per heavy atom. The molecular weight excluding hydrogens is 300 g/mol. The number of halogens is 2. The molecule has 1 saturated heterocycles. The summed E-state index contributed by atoms with van der Waals surface area (Å²) < 4.78 is 27.1. The summed E-state index contributed by atoms with van der Waals surface area (Å²) in [5.41, 5.74) is 0.617. The lowest BCUT2D eigenvalue weighted by molar-refractivity contribution is 0.102. The largest absolute Gasteiger partial charge is 0.370 e. The molecule has 2 aromatic rings. The normalized spacial score (nSPS) is 14.6. The van der Waals surface area contributed by atoms with Crippen LogP contribution in [0.2, 0.25) is 0 Å². The van der Waals surface area contributed by atoms with Crippen LogP contribution >= 0.6 is 0 Å². The predicted octanol–water partition coefficient (Wildman–Crippen LogP) is 3.60. The van der Waals surface area contributed by atoms with E-state index in [1.165, 1.54) is 12.5 Å². The number of carbonyl (C=O) groups excluding carboxylic acids is 1. The minimum atomic E-state index is -0.816. The van der Waals surface area contributed by atoms with Gasteiger partial charge < -0.3 is 10.2 Å². The van der Waals surface area contributed by atoms with Crippen molar-refractivity contribution in [3.63, 3.8) is 0 Å². The van der Waals surface area contributed by atoms with Crippen molar-refractivity contribution in [1.82, 2.24) is 4.98 Å². The molecule has 1 aromatic carbocycles. The SMILES string of the molecule is O=C(Nc1c(F)cccc1F)c1ccc(N2CCCCC2)cn1. The van der Waals surface area contributed by atoms with E-state index in [9.17, 15) is 13.6 Å². The first-order chi connectivity index (χ1) is 11.1. The van der Waals surface area contributed by atoms with Gasteiger partial charge in [-0.1, -0.05) is 6.07 Å². The standard InChI is InChI=1S/C17H17F2N3O/c18-13-5-4-6-14(19)16(13)21-17(23)15-8-7-12(11-20-15)22-9-2-1-3-10-22/h4-8,11H,1-3,9-10H2,(H,21,23). The number of rotatable bonds is 3. The maximum absolute atomic E-state index is 13.6. The number of hydrogen-bond donors (Lipinski definition) is 1. The molecule has 0 spiro atoms. The van der Waals surface area contributed by atoms with Crippen LogP contribution in [0, 0.1) is 11.6 Å². The van der Waals surface area contributed by atoms with Crippen LogP contribution in [0.4, 0.5) is 20.2 Å². The van der Waals surface area contributed by atoms with Crippen LogP contribution in [0.15, 0.2) is 36.5 Å². The van der Waals surface area contributed by atoms with Crippen LogP contribution in [0.25, 0.3) is 0 Å². The van der Waals surface area contributed by atoms with E-state index in [1.807, 2.05) is 6.07 Å². The van der Waals surface area contributed by atoms with Crippen molar-refractivity contribution in [3.8, 4) is 0 Å². The molecule has 0 atom stereocenters. The molecule has 1 fully saturated rings. The number of para-hydroxylation sites is 1. The third kappa shape index (κ3) is 3.47. The molecule has 1 aliphatic heterocycles. The van der Waals surface area contributed by atoms with E-state index in [2.05, 4.69) is 15.2 Å². The van der Waals surface area contributed by atoms with E-state index in [1.54, 1.807) is 12.3 Å². The second-order valence-electron chi connectivity index (χ2n) is 5.50. The number of piperidine rings is 1. The van der Waals surface area contributed by atoms with Crippen molar-refractivity contribution < 1.29 is 13.6 Å². The van der Waals surface area contributed by atoms with Gasteiger partial charge in [-0.05, 0) is 43.5 Å². The van der Waals surface area contributed by atoms with E-state index >= 15 is 0 Å². The van der Waals surface area contributed by atoms with E-state index in [4.69, 9.17) is 0 Å². The van der Waals surface area contributed by atoms with Gasteiger partial charge in [0.15, 0.2) is 0 Å². The number of carbonyl (C=O) groups is 1. The zero-order valence-corrected chi connectivity index (χ0v) is 12.6. The van der Waals surface area contributed by atoms with Gasteiger partial charge in [-0.2, -0.15) is 0 Å². The molecule has 0 saturated carbocycles. The monoisotopic (exact) mass is 317 g/mol. The molecule has 1 aromatic heterocycles. The number of anilines is 2. The number of hydrogen-bond acceptors (Lipinski definition) is 3. The van der Waals surface area contributed by atoms with E-state index in [0.29, 0.717) is 0 Å². The first-order valence-corrected chi connectivity index (χ1v) is 7.61. The van der Waals surface area contributed by atoms with Gasteiger partial charge >= 0.3 is 0 Å². The fraction of sp³-hybridized carbons (Fsp3) is 0.294. The Labute approximate surface area is 133 Å². The van der Waals surface area contributed by atoms with Gasteiger partial charge in [0.1, 0.15) is 23.0 Å². The zero-order chi connectivity index (χ0) is 16.2. The van der Waals surface area contributed by atoms with E-state index < -0.39 is 23.2 Å². The summed E-state index contributed by atoms with van der Waals surface area (Å²) >= 11 is 0. The lowest BCUT2D eigenvalue weighted by Gasteiger charge is -2.28. The molecule has 1 aliphatic rings. The maximum Gasteiger partial charge on any atom is 0.274 e. The van der Waals surface area contributed by atoms with E-state index in [-0.39, 0.29) is 5.69 Å². The number of nitrogens with one attached hydrogen (secondary N) is 1. The highest BCUT2D eigenvalue weighted by atomic mass is 19.1. The quantitative estimate of drug-likeness (QED) is 0.941. The first kappa shape index (κ1) is 15.4. The summed E-state index contributed by atoms with van der Waals surface area (Å²) in [5, 5.41) is 2.23. The third-order valence-electron chi connectivity index (χ3n) is 3.90. The molecule has 0 radical (unpaired) electrons. The summed E-state index contributed by atoms with van der Waals surface area (Å²) in [6.07, 6.45) is 5.15. The molecule has 0 unspecified atom stereocenters. The fourth-order valence-electron chi connectivity index (χ4n) is 2.65. The summed E-state index contributed by atoms with van der Waals surface area (Å²) in [4.78, 5) is 18.4. The van der Waals surface area contributed by atoms with Gasteiger partial charge in [-0.3, -0.25) is 4.79 Å². The molecule has 120 valence electrons. The second-order valence-corrected chi connectivity index (χ2v) is 5.50. The molecule has 23 heavy (non-hydrogen) atoms. The van der Waals surface area contributed by atoms with Crippen LogP contribution < -0.4 is 10.2 Å². The van der Waals surface area contributed by atoms with Crippen LogP contribution in [-0.2, 0) is 0 Å². The highest BCUT2D eigenvalue weighted by molar-refractivity contribution is 6.03. The maximum atomic E-state index is 13.6. The topological polar surface area (TPSA) is 45.2 Å². The van der Waals surface area contributed by atoms with Crippen LogP contribution in [0.1, 0.15) is 29.8 Å².